The fraction of sp³-hybridized carbons (Fsp3) is 0.167. The van der Waals surface area contributed by atoms with Gasteiger partial charge in [0.1, 0.15) is 5.75 Å². The summed E-state index contributed by atoms with van der Waals surface area (Å²) in [6.07, 6.45) is 3.17. The molecule has 0 amide bonds. The minimum Gasteiger partial charge on any atom is -0.494 e. The predicted octanol–water partition coefficient (Wildman–Crippen LogP) is 4.20. The van der Waals surface area contributed by atoms with E-state index in [1.165, 1.54) is 6.08 Å². The minimum atomic E-state index is -0.0246. The van der Waals surface area contributed by atoms with Gasteiger partial charge in [0.25, 0.3) is 0 Å². The van der Waals surface area contributed by atoms with E-state index in [2.05, 4.69) is 5.32 Å². The number of benzene rings is 2. The molecule has 0 spiro atoms. The molecule has 0 aliphatic rings. The van der Waals surface area contributed by atoms with Crippen LogP contribution in [0.1, 0.15) is 22.8 Å². The van der Waals surface area contributed by atoms with E-state index < -0.39 is 0 Å². The topological polar surface area (TPSA) is 38.3 Å². The number of carbonyl (C=O) groups is 1. The molecule has 2 aromatic rings. The van der Waals surface area contributed by atoms with Crippen LogP contribution in [0.3, 0.4) is 0 Å². The maximum Gasteiger partial charge on any atom is 0.187 e. The number of ketones is 1. The Morgan fingerprint density at radius 3 is 2.67 bits per heavy atom. The lowest BCUT2D eigenvalue weighted by Gasteiger charge is -2.05. The van der Waals surface area contributed by atoms with Gasteiger partial charge >= 0.3 is 0 Å². The first kappa shape index (κ1) is 14.9. The van der Waals surface area contributed by atoms with Gasteiger partial charge < -0.3 is 10.1 Å². The van der Waals surface area contributed by atoms with Gasteiger partial charge in [0, 0.05) is 29.6 Å². The van der Waals surface area contributed by atoms with Gasteiger partial charge in [0.05, 0.1) is 6.61 Å². The summed E-state index contributed by atoms with van der Waals surface area (Å²) in [5, 5.41) is 3.07. The van der Waals surface area contributed by atoms with Crippen LogP contribution in [-0.2, 0) is 0 Å². The van der Waals surface area contributed by atoms with Crippen molar-refractivity contribution in [2.24, 2.45) is 0 Å². The van der Waals surface area contributed by atoms with Gasteiger partial charge in [0.2, 0.25) is 0 Å². The Kier molecular flexibility index (Phi) is 5.16. The number of ether oxygens (including phenoxy) is 1. The van der Waals surface area contributed by atoms with Crippen LogP contribution in [0.25, 0.3) is 0 Å². The molecule has 2 aromatic carbocycles. The van der Waals surface area contributed by atoms with Crippen LogP contribution in [0.15, 0.2) is 60.8 Å². The molecule has 3 nitrogen and oxygen atoms in total. The molecule has 0 atom stereocenters. The van der Waals surface area contributed by atoms with Crippen LogP contribution in [0.2, 0.25) is 0 Å². The van der Waals surface area contributed by atoms with Crippen molar-refractivity contribution in [1.29, 1.82) is 0 Å². The summed E-state index contributed by atoms with van der Waals surface area (Å²) in [4.78, 5) is 12.0. The van der Waals surface area contributed by atoms with Gasteiger partial charge in [-0.15, -0.1) is 0 Å². The number of hydrogen-bond donors (Lipinski definition) is 1. The number of anilines is 1. The number of allylic oxidation sites excluding steroid dienone is 1. The van der Waals surface area contributed by atoms with E-state index in [1.807, 2.05) is 62.4 Å². The second kappa shape index (κ2) is 7.29. The zero-order valence-electron chi connectivity index (χ0n) is 12.3. The van der Waals surface area contributed by atoms with Gasteiger partial charge in [-0.3, -0.25) is 4.79 Å². The van der Waals surface area contributed by atoms with E-state index in [0.29, 0.717) is 12.2 Å². The Labute approximate surface area is 125 Å². The number of aryl methyl sites for hydroxylation is 1. The first-order chi connectivity index (χ1) is 10.2. The molecular weight excluding hydrogens is 262 g/mol. The highest BCUT2D eigenvalue weighted by atomic mass is 16.5. The molecule has 0 fully saturated rings. The molecule has 2 rings (SSSR count). The standard InChI is InChI=1S/C18H19NO2/c1-3-21-17-6-4-5-16(13-17)19-12-11-18(20)15-9-7-14(2)8-10-15/h4-13,19H,3H2,1-2H3/b12-11+. The molecule has 1 N–H and O–H groups in total. The summed E-state index contributed by atoms with van der Waals surface area (Å²) in [5.41, 5.74) is 2.71. The number of carbonyl (C=O) groups excluding carboxylic acids is 1. The molecule has 0 aliphatic carbocycles. The molecule has 108 valence electrons. The third kappa shape index (κ3) is 4.49. The Balaban J connectivity index is 1.97. The lowest BCUT2D eigenvalue weighted by molar-refractivity contribution is 0.104. The Hall–Kier alpha value is -2.55. The molecule has 0 aromatic heterocycles. The first-order valence-electron chi connectivity index (χ1n) is 6.96. The maximum absolute atomic E-state index is 12.0. The normalized spacial score (nSPS) is 10.6. The molecule has 0 heterocycles. The van der Waals surface area contributed by atoms with Crippen LogP contribution in [0.5, 0.6) is 5.75 Å². The summed E-state index contributed by atoms with van der Waals surface area (Å²) in [5.74, 6) is 0.782. The van der Waals surface area contributed by atoms with E-state index >= 15 is 0 Å². The Morgan fingerprint density at radius 2 is 1.95 bits per heavy atom. The van der Waals surface area contributed by atoms with E-state index in [9.17, 15) is 4.79 Å². The van der Waals surface area contributed by atoms with E-state index in [4.69, 9.17) is 4.74 Å². The fourth-order valence-electron chi connectivity index (χ4n) is 1.87. The summed E-state index contributed by atoms with van der Waals surface area (Å²) >= 11 is 0. The summed E-state index contributed by atoms with van der Waals surface area (Å²) in [6, 6.07) is 15.1. The van der Waals surface area contributed by atoms with Crippen molar-refractivity contribution >= 4 is 11.5 Å². The second-order valence-electron chi connectivity index (χ2n) is 4.67. The molecule has 0 bridgehead atoms. The molecule has 0 aliphatic heterocycles. The zero-order chi connectivity index (χ0) is 15.1. The second-order valence-corrected chi connectivity index (χ2v) is 4.67. The molecule has 0 saturated carbocycles. The summed E-state index contributed by atoms with van der Waals surface area (Å²) < 4.78 is 5.42. The van der Waals surface area contributed by atoms with Crippen molar-refractivity contribution in [2.45, 2.75) is 13.8 Å². The van der Waals surface area contributed by atoms with Gasteiger partial charge in [-0.05, 0) is 26.0 Å². The third-order valence-corrected chi connectivity index (χ3v) is 2.97. The van der Waals surface area contributed by atoms with Crippen molar-refractivity contribution in [2.75, 3.05) is 11.9 Å². The van der Waals surface area contributed by atoms with E-state index in [-0.39, 0.29) is 5.78 Å². The molecule has 21 heavy (non-hydrogen) atoms. The monoisotopic (exact) mass is 281 g/mol. The quantitative estimate of drug-likeness (QED) is 0.637. The smallest absolute Gasteiger partial charge is 0.187 e. The lowest BCUT2D eigenvalue weighted by atomic mass is 10.1. The van der Waals surface area contributed by atoms with Crippen LogP contribution in [0.4, 0.5) is 5.69 Å². The molecule has 0 unspecified atom stereocenters. The van der Waals surface area contributed by atoms with Gasteiger partial charge in [-0.25, -0.2) is 0 Å². The van der Waals surface area contributed by atoms with Gasteiger partial charge in [-0.2, -0.15) is 0 Å². The minimum absolute atomic E-state index is 0.0246. The van der Waals surface area contributed by atoms with Crippen LogP contribution >= 0.6 is 0 Å². The Bertz CT molecular complexity index is 630. The molecule has 0 saturated heterocycles. The van der Waals surface area contributed by atoms with E-state index in [0.717, 1.165) is 17.0 Å². The Morgan fingerprint density at radius 1 is 1.19 bits per heavy atom. The third-order valence-electron chi connectivity index (χ3n) is 2.97. The lowest BCUT2D eigenvalue weighted by Crippen LogP contribution is -1.97. The van der Waals surface area contributed by atoms with E-state index in [1.54, 1.807) is 6.20 Å². The van der Waals surface area contributed by atoms with Crippen LogP contribution in [0, 0.1) is 6.92 Å². The number of nitrogens with one attached hydrogen (secondary N) is 1. The molecular formula is C18H19NO2. The van der Waals surface area contributed by atoms with Crippen LogP contribution in [-0.4, -0.2) is 12.4 Å². The number of rotatable bonds is 6. The van der Waals surface area contributed by atoms with Crippen LogP contribution < -0.4 is 10.1 Å². The summed E-state index contributed by atoms with van der Waals surface area (Å²) in [6.45, 7) is 4.57. The van der Waals surface area contributed by atoms with Gasteiger partial charge in [0.15, 0.2) is 5.78 Å². The highest BCUT2D eigenvalue weighted by Gasteiger charge is 2.00. The maximum atomic E-state index is 12.0. The largest absolute Gasteiger partial charge is 0.494 e. The van der Waals surface area contributed by atoms with Crippen molar-refractivity contribution < 1.29 is 9.53 Å². The van der Waals surface area contributed by atoms with Gasteiger partial charge in [-0.1, -0.05) is 35.9 Å². The average Bonchev–Trinajstić information content (AvgIpc) is 2.48. The molecule has 0 radical (unpaired) electrons. The SMILES string of the molecule is CCOc1cccc(N/C=C/C(=O)c2ccc(C)cc2)c1. The van der Waals surface area contributed by atoms with Crippen molar-refractivity contribution in [3.05, 3.63) is 71.9 Å². The summed E-state index contributed by atoms with van der Waals surface area (Å²) in [7, 11) is 0. The molecule has 3 heteroatoms. The average molecular weight is 281 g/mol. The van der Waals surface area contributed by atoms with Crippen molar-refractivity contribution in [3.8, 4) is 5.75 Å². The fourth-order valence-corrected chi connectivity index (χ4v) is 1.87. The predicted molar refractivity (Wildman–Crippen MR) is 85.9 cm³/mol. The zero-order valence-corrected chi connectivity index (χ0v) is 12.3. The highest BCUT2D eigenvalue weighted by molar-refractivity contribution is 6.04. The van der Waals surface area contributed by atoms with Crippen molar-refractivity contribution in [3.63, 3.8) is 0 Å². The number of hydrogen-bond acceptors (Lipinski definition) is 3. The highest BCUT2D eigenvalue weighted by Crippen LogP contribution is 2.17. The van der Waals surface area contributed by atoms with Crippen molar-refractivity contribution in [1.82, 2.24) is 0 Å². The first-order valence-corrected chi connectivity index (χ1v) is 6.96.